The number of nitrogens with one attached hydrogen (secondary N) is 1. The minimum Gasteiger partial charge on any atom is -0.322 e. The second-order valence-electron chi connectivity index (χ2n) is 6.14. The lowest BCUT2D eigenvalue weighted by atomic mass is 10.1. The van der Waals surface area contributed by atoms with Crippen molar-refractivity contribution in [3.63, 3.8) is 0 Å². The van der Waals surface area contributed by atoms with E-state index in [2.05, 4.69) is 12.2 Å². The molecule has 25 heavy (non-hydrogen) atoms. The van der Waals surface area contributed by atoms with Gasteiger partial charge in [0.25, 0.3) is 5.91 Å². The smallest absolute Gasteiger partial charge is 0.255 e. The second kappa shape index (κ2) is 7.37. The summed E-state index contributed by atoms with van der Waals surface area (Å²) in [6, 6.07) is 13.8. The van der Waals surface area contributed by atoms with Crippen molar-refractivity contribution in [3.8, 4) is 0 Å². The van der Waals surface area contributed by atoms with E-state index in [9.17, 15) is 13.2 Å². The number of hydrogen-bond acceptors (Lipinski definition) is 3. The molecule has 0 bridgehead atoms. The van der Waals surface area contributed by atoms with Gasteiger partial charge in [0.2, 0.25) is 10.0 Å². The Balaban J connectivity index is 1.70. The van der Waals surface area contributed by atoms with Crippen LogP contribution in [0.1, 0.15) is 35.7 Å². The van der Waals surface area contributed by atoms with Crippen molar-refractivity contribution >= 4 is 21.6 Å². The molecule has 1 fully saturated rings. The molecule has 1 aliphatic heterocycles. The first kappa shape index (κ1) is 17.6. The molecule has 1 aliphatic rings. The molecule has 0 saturated carbocycles. The van der Waals surface area contributed by atoms with Gasteiger partial charge in [-0.2, -0.15) is 4.31 Å². The van der Waals surface area contributed by atoms with Crippen LogP contribution in [0, 0.1) is 0 Å². The summed E-state index contributed by atoms with van der Waals surface area (Å²) < 4.78 is 26.5. The molecule has 0 aromatic heterocycles. The van der Waals surface area contributed by atoms with Crippen molar-refractivity contribution in [2.75, 3.05) is 18.4 Å². The van der Waals surface area contributed by atoms with Gasteiger partial charge in [-0.1, -0.05) is 19.1 Å². The highest BCUT2D eigenvalue weighted by Gasteiger charge is 2.26. The molecule has 1 saturated heterocycles. The zero-order valence-corrected chi connectivity index (χ0v) is 15.1. The highest BCUT2D eigenvalue weighted by atomic mass is 32.2. The van der Waals surface area contributed by atoms with Gasteiger partial charge in [0, 0.05) is 24.3 Å². The van der Waals surface area contributed by atoms with Crippen LogP contribution in [0.15, 0.2) is 53.4 Å². The Bertz CT molecular complexity index is 837. The summed E-state index contributed by atoms with van der Waals surface area (Å²) in [6.45, 7) is 3.22. The van der Waals surface area contributed by atoms with Gasteiger partial charge in [-0.05, 0) is 61.2 Å². The van der Waals surface area contributed by atoms with Crippen molar-refractivity contribution in [1.82, 2.24) is 4.31 Å². The molecule has 1 heterocycles. The fourth-order valence-electron chi connectivity index (χ4n) is 2.88. The highest BCUT2D eigenvalue weighted by molar-refractivity contribution is 7.89. The topological polar surface area (TPSA) is 66.5 Å². The Hall–Kier alpha value is -2.18. The van der Waals surface area contributed by atoms with Gasteiger partial charge in [-0.15, -0.1) is 0 Å². The molecule has 0 atom stereocenters. The van der Waals surface area contributed by atoms with Crippen LogP contribution in [0.5, 0.6) is 0 Å². The number of nitrogens with zero attached hydrogens (tertiary/aromatic N) is 1. The van der Waals surface area contributed by atoms with Gasteiger partial charge in [0.15, 0.2) is 0 Å². The Morgan fingerprint density at radius 1 is 1.00 bits per heavy atom. The van der Waals surface area contributed by atoms with E-state index in [1.807, 2.05) is 12.1 Å². The Kier molecular flexibility index (Phi) is 5.20. The highest BCUT2D eigenvalue weighted by Crippen LogP contribution is 2.22. The number of sulfonamides is 1. The maximum absolute atomic E-state index is 12.5. The Morgan fingerprint density at radius 2 is 1.60 bits per heavy atom. The summed E-state index contributed by atoms with van der Waals surface area (Å²) >= 11 is 0. The number of amides is 1. The molecule has 1 N–H and O–H groups in total. The van der Waals surface area contributed by atoms with E-state index in [-0.39, 0.29) is 10.8 Å². The molecule has 0 aliphatic carbocycles. The molecular formula is C19H22N2O3S. The maximum Gasteiger partial charge on any atom is 0.255 e. The molecule has 1 amide bonds. The second-order valence-corrected chi connectivity index (χ2v) is 8.08. The fraction of sp³-hybridized carbons (Fsp3) is 0.316. The molecule has 0 spiro atoms. The van der Waals surface area contributed by atoms with Crippen LogP contribution >= 0.6 is 0 Å². The number of hydrogen-bond donors (Lipinski definition) is 1. The van der Waals surface area contributed by atoms with Crippen LogP contribution in [0.2, 0.25) is 0 Å². The first-order valence-electron chi connectivity index (χ1n) is 8.51. The largest absolute Gasteiger partial charge is 0.322 e. The van der Waals surface area contributed by atoms with E-state index in [0.717, 1.165) is 19.3 Å². The van der Waals surface area contributed by atoms with Crippen molar-refractivity contribution in [1.29, 1.82) is 0 Å². The minimum atomic E-state index is -3.42. The average molecular weight is 358 g/mol. The van der Waals surface area contributed by atoms with Crippen molar-refractivity contribution < 1.29 is 13.2 Å². The summed E-state index contributed by atoms with van der Waals surface area (Å²) in [7, 11) is -3.42. The monoisotopic (exact) mass is 358 g/mol. The van der Waals surface area contributed by atoms with E-state index in [0.29, 0.717) is 24.3 Å². The number of aryl methyl sites for hydroxylation is 1. The molecule has 2 aromatic carbocycles. The van der Waals surface area contributed by atoms with Crippen LogP contribution in [-0.2, 0) is 16.4 Å². The van der Waals surface area contributed by atoms with Crippen LogP contribution < -0.4 is 5.32 Å². The standard InChI is InChI=1S/C19H22N2O3S/c1-2-15-5-7-16(8-6-15)19(22)20-17-9-11-18(12-10-17)25(23,24)21-13-3-4-14-21/h5-12H,2-4,13-14H2,1H3,(H,20,22). The third-order valence-corrected chi connectivity index (χ3v) is 6.35. The predicted octanol–water partition coefficient (Wildman–Crippen LogP) is 3.29. The summed E-state index contributed by atoms with van der Waals surface area (Å²) in [5, 5.41) is 2.80. The van der Waals surface area contributed by atoms with Gasteiger partial charge >= 0.3 is 0 Å². The molecule has 5 nitrogen and oxygen atoms in total. The first-order chi connectivity index (χ1) is 12.0. The molecule has 2 aromatic rings. The van der Waals surface area contributed by atoms with E-state index >= 15 is 0 Å². The van der Waals surface area contributed by atoms with E-state index in [1.165, 1.54) is 9.87 Å². The predicted molar refractivity (Wildman–Crippen MR) is 98.2 cm³/mol. The van der Waals surface area contributed by atoms with Crippen LogP contribution in [-0.4, -0.2) is 31.7 Å². The van der Waals surface area contributed by atoms with Crippen molar-refractivity contribution in [2.45, 2.75) is 31.1 Å². The normalized spacial score (nSPS) is 15.2. The molecule has 0 radical (unpaired) electrons. The SMILES string of the molecule is CCc1ccc(C(=O)Nc2ccc(S(=O)(=O)N3CCCC3)cc2)cc1. The summed E-state index contributed by atoms with van der Waals surface area (Å²) in [4.78, 5) is 12.5. The van der Waals surface area contributed by atoms with Gasteiger partial charge < -0.3 is 5.32 Å². The van der Waals surface area contributed by atoms with Gasteiger partial charge in [0.1, 0.15) is 0 Å². The van der Waals surface area contributed by atoms with Gasteiger partial charge in [-0.3, -0.25) is 4.79 Å². The lowest BCUT2D eigenvalue weighted by molar-refractivity contribution is 0.102. The zero-order valence-electron chi connectivity index (χ0n) is 14.2. The first-order valence-corrected chi connectivity index (χ1v) is 9.95. The summed E-state index contributed by atoms with van der Waals surface area (Å²) in [6.07, 6.45) is 2.74. The number of carbonyl (C=O) groups excluding carboxylic acids is 1. The Labute approximate surface area is 148 Å². The zero-order chi connectivity index (χ0) is 17.9. The molecule has 132 valence electrons. The van der Waals surface area contributed by atoms with Crippen molar-refractivity contribution in [2.24, 2.45) is 0 Å². The minimum absolute atomic E-state index is 0.210. The molecular weight excluding hydrogens is 336 g/mol. The lowest BCUT2D eigenvalue weighted by Gasteiger charge is -2.15. The van der Waals surface area contributed by atoms with E-state index in [4.69, 9.17) is 0 Å². The quantitative estimate of drug-likeness (QED) is 0.892. The van der Waals surface area contributed by atoms with Crippen molar-refractivity contribution in [3.05, 3.63) is 59.7 Å². The molecule has 3 rings (SSSR count). The fourth-order valence-corrected chi connectivity index (χ4v) is 4.40. The number of carbonyl (C=O) groups is 1. The number of benzene rings is 2. The van der Waals surface area contributed by atoms with Crippen LogP contribution in [0.4, 0.5) is 5.69 Å². The van der Waals surface area contributed by atoms with Gasteiger partial charge in [-0.25, -0.2) is 8.42 Å². The summed E-state index contributed by atoms with van der Waals surface area (Å²) in [5.74, 6) is -0.210. The maximum atomic E-state index is 12.5. The molecule has 6 heteroatoms. The third kappa shape index (κ3) is 3.91. The molecule has 0 unspecified atom stereocenters. The van der Waals surface area contributed by atoms with Crippen LogP contribution in [0.3, 0.4) is 0 Å². The Morgan fingerprint density at radius 3 is 2.16 bits per heavy atom. The van der Waals surface area contributed by atoms with Gasteiger partial charge in [0.05, 0.1) is 4.90 Å². The third-order valence-electron chi connectivity index (χ3n) is 4.44. The lowest BCUT2D eigenvalue weighted by Crippen LogP contribution is -2.27. The number of rotatable bonds is 5. The van der Waals surface area contributed by atoms with E-state index in [1.54, 1.807) is 36.4 Å². The van der Waals surface area contributed by atoms with E-state index < -0.39 is 10.0 Å². The van der Waals surface area contributed by atoms with Crippen LogP contribution in [0.25, 0.3) is 0 Å². The summed E-state index contributed by atoms with van der Waals surface area (Å²) in [5.41, 5.74) is 2.32. The number of anilines is 1. The average Bonchev–Trinajstić information content (AvgIpc) is 3.18.